The van der Waals surface area contributed by atoms with Crippen molar-refractivity contribution in [3.63, 3.8) is 0 Å². The lowest BCUT2D eigenvalue weighted by atomic mass is 10.1. The molecule has 26 heavy (non-hydrogen) atoms. The minimum absolute atomic E-state index is 0. The molecule has 0 radical (unpaired) electrons. The summed E-state index contributed by atoms with van der Waals surface area (Å²) in [6.45, 7) is 1.70. The second-order valence-electron chi connectivity index (χ2n) is 5.77. The van der Waals surface area contributed by atoms with Crippen molar-refractivity contribution in [1.82, 2.24) is 10.6 Å². The van der Waals surface area contributed by atoms with Crippen molar-refractivity contribution in [1.29, 1.82) is 0 Å². The van der Waals surface area contributed by atoms with Gasteiger partial charge in [0.2, 0.25) is 5.91 Å². The molecule has 3 N–H and O–H groups in total. The Balaban J connectivity index is 0.00000338. The molecule has 1 heterocycles. The summed E-state index contributed by atoms with van der Waals surface area (Å²) in [5.41, 5.74) is -1.82. The predicted octanol–water partition coefficient (Wildman–Crippen LogP) is 2.71. The molecule has 1 aromatic rings. The van der Waals surface area contributed by atoms with Gasteiger partial charge in [0.1, 0.15) is 5.69 Å². The molecule has 1 aromatic carbocycles. The van der Waals surface area contributed by atoms with Crippen LogP contribution in [0.15, 0.2) is 18.2 Å². The Hall–Kier alpha value is -2.07. The van der Waals surface area contributed by atoms with Crippen LogP contribution < -0.4 is 16.0 Å². The molecule has 0 saturated carbocycles. The molecule has 1 saturated heterocycles. The zero-order valence-corrected chi connectivity index (χ0v) is 14.6. The number of nitro groups is 1. The predicted molar refractivity (Wildman–Crippen MR) is 92.5 cm³/mol. The zero-order valence-electron chi connectivity index (χ0n) is 13.8. The monoisotopic (exact) mass is 396 g/mol. The van der Waals surface area contributed by atoms with E-state index in [1.807, 2.05) is 0 Å². The van der Waals surface area contributed by atoms with Crippen LogP contribution in [0.25, 0.3) is 0 Å². The van der Waals surface area contributed by atoms with Crippen molar-refractivity contribution in [3.8, 4) is 0 Å². The SMILES string of the molecule is Cl.O=C(CCNc1ccc(C(F)(F)F)cc1[N+](=O)[O-])NC1CCCNC1. The molecule has 7 nitrogen and oxygen atoms in total. The number of halogens is 4. The highest BCUT2D eigenvalue weighted by Crippen LogP contribution is 2.34. The summed E-state index contributed by atoms with van der Waals surface area (Å²) in [7, 11) is 0. The first kappa shape index (κ1) is 22.0. The Labute approximate surface area is 154 Å². The van der Waals surface area contributed by atoms with Gasteiger partial charge in [-0.25, -0.2) is 0 Å². The van der Waals surface area contributed by atoms with Gasteiger partial charge in [-0.3, -0.25) is 14.9 Å². The molecule has 0 aliphatic carbocycles. The maximum Gasteiger partial charge on any atom is 0.416 e. The van der Waals surface area contributed by atoms with Crippen LogP contribution in [0.4, 0.5) is 24.5 Å². The van der Waals surface area contributed by atoms with Crippen LogP contribution in [-0.4, -0.2) is 36.5 Å². The van der Waals surface area contributed by atoms with Gasteiger partial charge in [-0.15, -0.1) is 12.4 Å². The van der Waals surface area contributed by atoms with Crippen molar-refractivity contribution in [2.75, 3.05) is 25.0 Å². The van der Waals surface area contributed by atoms with Gasteiger partial charge in [0.25, 0.3) is 5.69 Å². The van der Waals surface area contributed by atoms with Gasteiger partial charge in [0.15, 0.2) is 0 Å². The van der Waals surface area contributed by atoms with Crippen LogP contribution >= 0.6 is 12.4 Å². The number of rotatable bonds is 6. The summed E-state index contributed by atoms with van der Waals surface area (Å²) in [6, 6.07) is 2.31. The van der Waals surface area contributed by atoms with Gasteiger partial charge in [-0.1, -0.05) is 0 Å². The highest BCUT2D eigenvalue weighted by atomic mass is 35.5. The molecule has 1 amide bonds. The number of nitrogens with one attached hydrogen (secondary N) is 3. The normalized spacial score (nSPS) is 17.1. The fourth-order valence-electron chi connectivity index (χ4n) is 2.59. The molecular weight excluding hydrogens is 377 g/mol. The van der Waals surface area contributed by atoms with E-state index in [4.69, 9.17) is 0 Å². The third-order valence-corrected chi connectivity index (χ3v) is 3.85. The molecule has 2 rings (SSSR count). The number of nitro benzene ring substituents is 1. The van der Waals surface area contributed by atoms with Crippen molar-refractivity contribution in [2.24, 2.45) is 0 Å². The number of hydrogen-bond donors (Lipinski definition) is 3. The molecule has 11 heteroatoms. The van der Waals surface area contributed by atoms with Crippen molar-refractivity contribution < 1.29 is 22.9 Å². The third-order valence-electron chi connectivity index (χ3n) is 3.85. The van der Waals surface area contributed by atoms with Gasteiger partial charge >= 0.3 is 6.18 Å². The lowest BCUT2D eigenvalue weighted by Gasteiger charge is -2.23. The molecular formula is C15H20ClF3N4O3. The second-order valence-corrected chi connectivity index (χ2v) is 5.77. The van der Waals surface area contributed by atoms with Crippen molar-refractivity contribution in [2.45, 2.75) is 31.5 Å². The Morgan fingerprint density at radius 2 is 2.12 bits per heavy atom. The fourth-order valence-corrected chi connectivity index (χ4v) is 2.59. The Kier molecular flexibility index (Phi) is 8.09. The molecule has 1 atom stereocenters. The molecule has 0 aromatic heterocycles. The smallest absolute Gasteiger partial charge is 0.379 e. The zero-order chi connectivity index (χ0) is 18.4. The molecule has 146 valence electrons. The lowest BCUT2D eigenvalue weighted by Crippen LogP contribution is -2.45. The van der Waals surface area contributed by atoms with Gasteiger partial charge in [0.05, 0.1) is 10.5 Å². The number of piperidine rings is 1. The Morgan fingerprint density at radius 3 is 2.69 bits per heavy atom. The van der Waals surface area contributed by atoms with E-state index in [0.717, 1.165) is 31.5 Å². The molecule has 1 fully saturated rings. The topological polar surface area (TPSA) is 96.3 Å². The van der Waals surface area contributed by atoms with Crippen molar-refractivity contribution in [3.05, 3.63) is 33.9 Å². The molecule has 1 aliphatic rings. The van der Waals surface area contributed by atoms with Crippen LogP contribution in [0, 0.1) is 10.1 Å². The maximum atomic E-state index is 12.6. The van der Waals surface area contributed by atoms with Crippen molar-refractivity contribution >= 4 is 29.7 Å². The number of amides is 1. The van der Waals surface area contributed by atoms with Crippen LogP contribution in [0.1, 0.15) is 24.8 Å². The van der Waals surface area contributed by atoms with E-state index in [2.05, 4.69) is 16.0 Å². The van der Waals surface area contributed by atoms with Gasteiger partial charge < -0.3 is 16.0 Å². The standard InChI is InChI=1S/C15H19F3N4O3.ClH/c16-15(17,18)10-3-4-12(13(8-10)22(24)25)20-7-5-14(23)21-11-2-1-6-19-9-11;/h3-4,8,11,19-20H,1-2,5-7,9H2,(H,21,23);1H. The molecule has 0 bridgehead atoms. The number of alkyl halides is 3. The first-order valence-electron chi connectivity index (χ1n) is 7.87. The van der Waals surface area contributed by atoms with Gasteiger partial charge in [0, 0.05) is 31.6 Å². The van der Waals surface area contributed by atoms with Crippen LogP contribution in [0.3, 0.4) is 0 Å². The van der Waals surface area contributed by atoms with Gasteiger partial charge in [-0.2, -0.15) is 13.2 Å². The fraction of sp³-hybridized carbons (Fsp3) is 0.533. The van der Waals surface area contributed by atoms with E-state index < -0.39 is 22.4 Å². The van der Waals surface area contributed by atoms with E-state index in [-0.39, 0.29) is 43.0 Å². The number of nitrogens with zero attached hydrogens (tertiary/aromatic N) is 1. The van der Waals surface area contributed by atoms with Crippen LogP contribution in [-0.2, 0) is 11.0 Å². The maximum absolute atomic E-state index is 12.6. The number of anilines is 1. The Bertz CT molecular complexity index is 637. The summed E-state index contributed by atoms with van der Waals surface area (Å²) < 4.78 is 37.9. The minimum atomic E-state index is -4.66. The third kappa shape index (κ3) is 6.34. The first-order valence-corrected chi connectivity index (χ1v) is 7.87. The average molecular weight is 397 g/mol. The van der Waals surface area contributed by atoms with E-state index >= 15 is 0 Å². The number of carbonyl (C=O) groups is 1. The number of carbonyl (C=O) groups excluding carboxylic acids is 1. The van der Waals surface area contributed by atoms with E-state index in [1.165, 1.54) is 0 Å². The van der Waals surface area contributed by atoms with Gasteiger partial charge in [-0.05, 0) is 31.5 Å². The highest BCUT2D eigenvalue weighted by molar-refractivity contribution is 5.85. The summed E-state index contributed by atoms with van der Waals surface area (Å²) in [5.74, 6) is -0.212. The van der Waals surface area contributed by atoms with Crippen LogP contribution in [0.5, 0.6) is 0 Å². The van der Waals surface area contributed by atoms with E-state index in [0.29, 0.717) is 12.6 Å². The summed E-state index contributed by atoms with van der Waals surface area (Å²) in [5, 5.41) is 19.6. The summed E-state index contributed by atoms with van der Waals surface area (Å²) >= 11 is 0. The lowest BCUT2D eigenvalue weighted by molar-refractivity contribution is -0.384. The minimum Gasteiger partial charge on any atom is -0.379 e. The number of benzene rings is 1. The van der Waals surface area contributed by atoms with E-state index in [1.54, 1.807) is 0 Å². The molecule has 1 unspecified atom stereocenters. The van der Waals surface area contributed by atoms with E-state index in [9.17, 15) is 28.1 Å². The first-order chi connectivity index (χ1) is 11.8. The summed E-state index contributed by atoms with van der Waals surface area (Å²) in [6.07, 6.45) is -2.73. The second kappa shape index (κ2) is 9.58. The largest absolute Gasteiger partial charge is 0.416 e. The highest BCUT2D eigenvalue weighted by Gasteiger charge is 2.33. The quantitative estimate of drug-likeness (QED) is 0.507. The molecule has 1 aliphatic heterocycles. The summed E-state index contributed by atoms with van der Waals surface area (Å²) in [4.78, 5) is 21.9. The molecule has 0 spiro atoms. The van der Waals surface area contributed by atoms with Crippen LogP contribution in [0.2, 0.25) is 0 Å². The number of hydrogen-bond acceptors (Lipinski definition) is 5. The average Bonchev–Trinajstić information content (AvgIpc) is 2.54. The Morgan fingerprint density at radius 1 is 1.38 bits per heavy atom.